The van der Waals surface area contributed by atoms with Gasteiger partial charge >= 0.3 is 10.1 Å². The van der Waals surface area contributed by atoms with E-state index in [2.05, 4.69) is 21.2 Å². The number of amides is 1. The van der Waals surface area contributed by atoms with Crippen molar-refractivity contribution in [1.82, 2.24) is 0 Å². The van der Waals surface area contributed by atoms with Crippen LogP contribution in [0.1, 0.15) is 12.0 Å². The quantitative estimate of drug-likeness (QED) is 0.829. The molecule has 0 aliphatic carbocycles. The standard InChI is InChI=1S/C15H12BrNO4S/c16-11-2-1-3-13(9-11)22(19,20)21-12-5-6-14-10(8-12)4-7-15(18)17-14/h1-3,5-6,8-9H,4,7H2,(H,17,18). The number of anilines is 1. The third kappa shape index (κ3) is 3.15. The summed E-state index contributed by atoms with van der Waals surface area (Å²) >= 11 is 3.23. The monoisotopic (exact) mass is 381 g/mol. The molecule has 0 atom stereocenters. The number of hydrogen-bond donors (Lipinski definition) is 1. The van der Waals surface area contributed by atoms with E-state index in [4.69, 9.17) is 4.18 Å². The van der Waals surface area contributed by atoms with Gasteiger partial charge in [-0.2, -0.15) is 8.42 Å². The molecule has 0 saturated heterocycles. The van der Waals surface area contributed by atoms with Gasteiger partial charge in [-0.05, 0) is 48.4 Å². The average Bonchev–Trinajstić information content (AvgIpc) is 2.47. The fourth-order valence-corrected chi connectivity index (χ4v) is 3.73. The highest BCUT2D eigenvalue weighted by Crippen LogP contribution is 2.28. The zero-order valence-corrected chi connectivity index (χ0v) is 13.8. The van der Waals surface area contributed by atoms with Crippen LogP contribution in [0.4, 0.5) is 5.69 Å². The normalized spacial score (nSPS) is 14.1. The van der Waals surface area contributed by atoms with E-state index in [9.17, 15) is 13.2 Å². The van der Waals surface area contributed by atoms with Crippen LogP contribution in [0.2, 0.25) is 0 Å². The van der Waals surface area contributed by atoms with Gasteiger partial charge < -0.3 is 9.50 Å². The fourth-order valence-electron chi connectivity index (χ4n) is 2.21. The Bertz CT molecular complexity index is 848. The first-order chi connectivity index (χ1) is 10.4. The molecule has 0 unspecified atom stereocenters. The number of hydrogen-bond acceptors (Lipinski definition) is 4. The number of carbonyl (C=O) groups is 1. The minimum absolute atomic E-state index is 0.0390. The van der Waals surface area contributed by atoms with Gasteiger partial charge in [0.1, 0.15) is 10.6 Å². The van der Waals surface area contributed by atoms with Crippen LogP contribution in [-0.2, 0) is 21.3 Å². The maximum atomic E-state index is 12.3. The Morgan fingerprint density at radius 2 is 1.91 bits per heavy atom. The van der Waals surface area contributed by atoms with Crippen LogP contribution in [0.15, 0.2) is 51.8 Å². The van der Waals surface area contributed by atoms with Crippen molar-refractivity contribution in [3.63, 3.8) is 0 Å². The molecule has 3 rings (SSSR count). The molecule has 0 aromatic heterocycles. The highest BCUT2D eigenvalue weighted by Gasteiger charge is 2.19. The first-order valence-electron chi connectivity index (χ1n) is 6.57. The van der Waals surface area contributed by atoms with Crippen LogP contribution in [0.3, 0.4) is 0 Å². The highest BCUT2D eigenvalue weighted by atomic mass is 79.9. The van der Waals surface area contributed by atoms with E-state index in [0.717, 1.165) is 5.56 Å². The van der Waals surface area contributed by atoms with Crippen LogP contribution in [0.5, 0.6) is 5.75 Å². The summed E-state index contributed by atoms with van der Waals surface area (Å²) in [5.41, 5.74) is 1.56. The molecule has 1 N–H and O–H groups in total. The van der Waals surface area contributed by atoms with Crippen LogP contribution in [-0.4, -0.2) is 14.3 Å². The Kier molecular flexibility index (Phi) is 3.92. The van der Waals surface area contributed by atoms with Crippen molar-refractivity contribution >= 4 is 37.6 Å². The predicted molar refractivity (Wildman–Crippen MR) is 85.3 cm³/mol. The topological polar surface area (TPSA) is 72.5 Å². The Morgan fingerprint density at radius 1 is 1.09 bits per heavy atom. The Labute approximate surface area is 136 Å². The molecule has 0 radical (unpaired) electrons. The molecule has 1 aliphatic rings. The molecular formula is C15H12BrNO4S. The molecule has 1 heterocycles. The van der Waals surface area contributed by atoms with Crippen molar-refractivity contribution in [2.75, 3.05) is 5.32 Å². The van der Waals surface area contributed by atoms with Crippen LogP contribution in [0.25, 0.3) is 0 Å². The molecule has 2 aromatic rings. The molecule has 114 valence electrons. The van der Waals surface area contributed by atoms with Gasteiger partial charge in [-0.15, -0.1) is 0 Å². The van der Waals surface area contributed by atoms with Crippen molar-refractivity contribution in [2.45, 2.75) is 17.7 Å². The van der Waals surface area contributed by atoms with E-state index in [1.54, 1.807) is 24.3 Å². The lowest BCUT2D eigenvalue weighted by molar-refractivity contribution is -0.116. The number of rotatable bonds is 3. The minimum atomic E-state index is -3.89. The summed E-state index contributed by atoms with van der Waals surface area (Å²) in [5, 5.41) is 2.74. The number of aryl methyl sites for hydroxylation is 1. The summed E-state index contributed by atoms with van der Waals surface area (Å²) < 4.78 is 30.4. The maximum Gasteiger partial charge on any atom is 0.339 e. The number of fused-ring (bicyclic) bond motifs is 1. The van der Waals surface area contributed by atoms with Crippen molar-refractivity contribution in [1.29, 1.82) is 0 Å². The summed E-state index contributed by atoms with van der Waals surface area (Å²) in [4.78, 5) is 11.4. The van der Waals surface area contributed by atoms with Crippen molar-refractivity contribution < 1.29 is 17.4 Å². The lowest BCUT2D eigenvalue weighted by Gasteiger charge is -2.17. The molecule has 0 bridgehead atoms. The third-order valence-electron chi connectivity index (χ3n) is 3.26. The van der Waals surface area contributed by atoms with Crippen molar-refractivity contribution in [3.05, 3.63) is 52.5 Å². The summed E-state index contributed by atoms with van der Waals surface area (Å²) in [5.74, 6) is 0.192. The van der Waals surface area contributed by atoms with E-state index >= 15 is 0 Å². The molecule has 0 saturated carbocycles. The molecule has 7 heteroatoms. The molecule has 22 heavy (non-hydrogen) atoms. The second-order valence-electron chi connectivity index (χ2n) is 4.86. The summed E-state index contributed by atoms with van der Waals surface area (Å²) in [6.07, 6.45) is 0.949. The van der Waals surface area contributed by atoms with E-state index < -0.39 is 10.1 Å². The summed E-state index contributed by atoms with van der Waals surface area (Å²) in [6, 6.07) is 11.1. The first kappa shape index (κ1) is 15.1. The molecular weight excluding hydrogens is 370 g/mol. The van der Waals surface area contributed by atoms with Gasteiger partial charge in [0.25, 0.3) is 0 Å². The zero-order valence-electron chi connectivity index (χ0n) is 11.4. The molecule has 5 nitrogen and oxygen atoms in total. The number of benzene rings is 2. The maximum absolute atomic E-state index is 12.3. The minimum Gasteiger partial charge on any atom is -0.379 e. The largest absolute Gasteiger partial charge is 0.379 e. The second kappa shape index (κ2) is 5.73. The van der Waals surface area contributed by atoms with Crippen LogP contribution < -0.4 is 9.50 Å². The molecule has 2 aromatic carbocycles. The fraction of sp³-hybridized carbons (Fsp3) is 0.133. The van der Waals surface area contributed by atoms with Crippen LogP contribution in [0, 0.1) is 0 Å². The molecule has 0 fully saturated rings. The van der Waals surface area contributed by atoms with Gasteiger partial charge in [-0.25, -0.2) is 0 Å². The van der Waals surface area contributed by atoms with E-state index in [1.807, 2.05) is 0 Å². The Hall–Kier alpha value is -1.86. The molecule has 1 amide bonds. The third-order valence-corrected chi connectivity index (χ3v) is 5.00. The van der Waals surface area contributed by atoms with Gasteiger partial charge in [-0.3, -0.25) is 4.79 Å². The summed E-state index contributed by atoms with van der Waals surface area (Å²) in [7, 11) is -3.89. The lowest BCUT2D eigenvalue weighted by atomic mass is 10.0. The predicted octanol–water partition coefficient (Wildman–Crippen LogP) is 3.10. The molecule has 0 spiro atoms. The smallest absolute Gasteiger partial charge is 0.339 e. The van der Waals surface area contributed by atoms with Crippen LogP contribution >= 0.6 is 15.9 Å². The number of halogens is 1. The lowest BCUT2D eigenvalue weighted by Crippen LogP contribution is -2.19. The second-order valence-corrected chi connectivity index (χ2v) is 7.32. The SMILES string of the molecule is O=C1CCc2cc(OS(=O)(=O)c3cccc(Br)c3)ccc2N1. The zero-order chi connectivity index (χ0) is 15.7. The van der Waals surface area contributed by atoms with E-state index in [-0.39, 0.29) is 16.6 Å². The van der Waals surface area contributed by atoms with E-state index in [1.165, 1.54) is 18.2 Å². The van der Waals surface area contributed by atoms with Gasteiger partial charge in [0.05, 0.1) is 0 Å². The highest BCUT2D eigenvalue weighted by molar-refractivity contribution is 9.10. The van der Waals surface area contributed by atoms with Gasteiger partial charge in [0, 0.05) is 16.6 Å². The van der Waals surface area contributed by atoms with Crippen molar-refractivity contribution in [2.24, 2.45) is 0 Å². The van der Waals surface area contributed by atoms with Gasteiger partial charge in [0.15, 0.2) is 0 Å². The van der Waals surface area contributed by atoms with E-state index in [0.29, 0.717) is 23.0 Å². The Balaban J connectivity index is 1.88. The first-order valence-corrected chi connectivity index (χ1v) is 8.77. The number of nitrogens with one attached hydrogen (secondary N) is 1. The van der Waals surface area contributed by atoms with Crippen molar-refractivity contribution in [3.8, 4) is 5.75 Å². The summed E-state index contributed by atoms with van der Waals surface area (Å²) in [6.45, 7) is 0. The van der Waals surface area contributed by atoms with Gasteiger partial charge in [-0.1, -0.05) is 22.0 Å². The number of carbonyl (C=O) groups excluding carboxylic acids is 1. The molecule has 1 aliphatic heterocycles. The average molecular weight is 382 g/mol. The van der Waals surface area contributed by atoms with Gasteiger partial charge in [0.2, 0.25) is 5.91 Å². The Morgan fingerprint density at radius 3 is 2.68 bits per heavy atom.